The second kappa shape index (κ2) is 9.46. The van der Waals surface area contributed by atoms with Gasteiger partial charge in [0.1, 0.15) is 5.54 Å². The van der Waals surface area contributed by atoms with Gasteiger partial charge in [0, 0.05) is 6.54 Å². The van der Waals surface area contributed by atoms with Crippen LogP contribution in [0, 0.1) is 11.3 Å². The second-order valence-electron chi connectivity index (χ2n) is 7.95. The number of anilines is 1. The first-order valence-corrected chi connectivity index (χ1v) is 9.91. The Balaban J connectivity index is 2.12. The van der Waals surface area contributed by atoms with Crippen molar-refractivity contribution in [2.24, 2.45) is 0 Å². The van der Waals surface area contributed by atoms with Crippen LogP contribution in [-0.4, -0.2) is 47.8 Å². The summed E-state index contributed by atoms with van der Waals surface area (Å²) in [6.45, 7) is 6.53. The number of hydrogen-bond donors (Lipinski definition) is 0. The number of carbonyl (C=O) groups is 3. The van der Waals surface area contributed by atoms with Gasteiger partial charge in [-0.2, -0.15) is 18.4 Å². The van der Waals surface area contributed by atoms with E-state index in [1.54, 1.807) is 13.8 Å². The highest BCUT2D eigenvalue weighted by Crippen LogP contribution is 2.37. The van der Waals surface area contributed by atoms with E-state index in [4.69, 9.17) is 14.7 Å². The maximum atomic E-state index is 13.3. The lowest BCUT2D eigenvalue weighted by Crippen LogP contribution is -2.44. The van der Waals surface area contributed by atoms with Gasteiger partial charge in [0.2, 0.25) is 0 Å². The topological polar surface area (TPSA) is 99.9 Å². The van der Waals surface area contributed by atoms with Crippen molar-refractivity contribution in [3.8, 4) is 6.07 Å². The fourth-order valence-electron chi connectivity index (χ4n) is 3.20. The van der Waals surface area contributed by atoms with Crippen LogP contribution in [0.4, 0.5) is 28.4 Å². The number of benzene rings is 1. The van der Waals surface area contributed by atoms with Crippen LogP contribution >= 0.6 is 0 Å². The minimum Gasteiger partial charge on any atom is -0.434 e. The molecule has 0 spiro atoms. The van der Waals surface area contributed by atoms with Gasteiger partial charge < -0.3 is 14.4 Å². The molecule has 0 saturated carbocycles. The molecule has 32 heavy (non-hydrogen) atoms. The van der Waals surface area contributed by atoms with Gasteiger partial charge in [0.15, 0.2) is 0 Å². The number of urea groups is 1. The lowest BCUT2D eigenvalue weighted by Gasteiger charge is -2.27. The summed E-state index contributed by atoms with van der Waals surface area (Å²) in [5, 5.41) is 8.94. The van der Waals surface area contributed by atoms with Crippen molar-refractivity contribution >= 4 is 23.8 Å². The lowest BCUT2D eigenvalue weighted by atomic mass is 10.0. The Morgan fingerprint density at radius 3 is 2.44 bits per heavy atom. The van der Waals surface area contributed by atoms with Crippen molar-refractivity contribution < 1.29 is 37.0 Å². The number of rotatable bonds is 7. The van der Waals surface area contributed by atoms with E-state index in [2.05, 4.69) is 0 Å². The number of ether oxygens (including phenoxy) is 2. The van der Waals surface area contributed by atoms with Crippen molar-refractivity contribution in [3.05, 3.63) is 29.3 Å². The van der Waals surface area contributed by atoms with Gasteiger partial charge >= 0.3 is 18.4 Å². The normalized spacial score (nSPS) is 15.8. The molecule has 3 amide bonds. The van der Waals surface area contributed by atoms with Crippen molar-refractivity contribution in [1.29, 1.82) is 5.26 Å². The number of alkyl halides is 3. The van der Waals surface area contributed by atoms with Gasteiger partial charge in [-0.3, -0.25) is 4.79 Å². The summed E-state index contributed by atoms with van der Waals surface area (Å²) in [4.78, 5) is 39.1. The fourth-order valence-corrected chi connectivity index (χ4v) is 3.20. The molecular weight excluding hydrogens is 431 g/mol. The molecule has 1 aliphatic heterocycles. The van der Waals surface area contributed by atoms with E-state index in [1.165, 1.54) is 24.8 Å². The number of hydrogen-bond acceptors (Lipinski definition) is 6. The van der Waals surface area contributed by atoms with Crippen molar-refractivity contribution in [3.63, 3.8) is 0 Å². The van der Waals surface area contributed by atoms with E-state index in [1.807, 2.05) is 0 Å². The summed E-state index contributed by atoms with van der Waals surface area (Å²) in [7, 11) is 0. The van der Waals surface area contributed by atoms with E-state index >= 15 is 0 Å². The number of amides is 3. The predicted octanol–water partition coefficient (Wildman–Crippen LogP) is 4.47. The number of nitrogens with zero attached hydrogens (tertiary/aromatic N) is 3. The monoisotopic (exact) mass is 455 g/mol. The highest BCUT2D eigenvalue weighted by molar-refractivity contribution is 6.23. The Bertz CT molecular complexity index is 938. The predicted molar refractivity (Wildman–Crippen MR) is 107 cm³/mol. The Morgan fingerprint density at radius 1 is 1.22 bits per heavy atom. The number of unbranched alkanes of at least 4 members (excludes halogenated alkanes) is 1. The quantitative estimate of drug-likeness (QED) is 0.342. The number of carbonyl (C=O) groups excluding carboxylic acids is 3. The molecule has 0 radical (unpaired) electrons. The molecule has 0 atom stereocenters. The Hall–Kier alpha value is -3.29. The number of imide groups is 1. The van der Waals surface area contributed by atoms with E-state index in [0.717, 1.165) is 12.1 Å². The summed E-state index contributed by atoms with van der Waals surface area (Å²) >= 11 is 0. The molecule has 0 N–H and O–H groups in total. The molecule has 11 heteroatoms. The first kappa shape index (κ1) is 25.0. The van der Waals surface area contributed by atoms with Gasteiger partial charge in [-0.05, 0) is 58.7 Å². The summed E-state index contributed by atoms with van der Waals surface area (Å²) in [5.41, 5.74) is -3.38. The molecule has 1 saturated heterocycles. The summed E-state index contributed by atoms with van der Waals surface area (Å²) in [6, 6.07) is 3.39. The highest BCUT2D eigenvalue weighted by atomic mass is 19.4. The molecule has 0 aromatic heterocycles. The van der Waals surface area contributed by atoms with Gasteiger partial charge in [0.25, 0.3) is 5.91 Å². The molecule has 0 unspecified atom stereocenters. The molecule has 174 valence electrons. The summed E-state index contributed by atoms with van der Waals surface area (Å²) in [6.07, 6.45) is -5.18. The van der Waals surface area contributed by atoms with Crippen LogP contribution in [0.5, 0.6) is 0 Å². The third-order valence-electron chi connectivity index (χ3n) is 4.84. The second-order valence-corrected chi connectivity index (χ2v) is 7.95. The lowest BCUT2D eigenvalue weighted by molar-refractivity contribution is -0.137. The first-order chi connectivity index (χ1) is 14.8. The van der Waals surface area contributed by atoms with Crippen molar-refractivity contribution in [2.75, 3.05) is 18.1 Å². The van der Waals surface area contributed by atoms with Crippen LogP contribution in [0.2, 0.25) is 0 Å². The summed E-state index contributed by atoms with van der Waals surface area (Å²) in [5.74, 6) is -0.683. The first-order valence-electron chi connectivity index (χ1n) is 9.91. The minimum atomic E-state index is -4.82. The van der Waals surface area contributed by atoms with Crippen LogP contribution in [0.15, 0.2) is 18.2 Å². The van der Waals surface area contributed by atoms with Gasteiger partial charge in [-0.25, -0.2) is 14.5 Å². The molecule has 1 aliphatic rings. The fraction of sp³-hybridized carbons (Fsp3) is 0.524. The molecule has 1 aromatic rings. The van der Waals surface area contributed by atoms with Crippen LogP contribution in [0.3, 0.4) is 0 Å². The SMILES string of the molecule is CC(C)OC(=O)OCCCCN1C(=O)N(c2ccc(C#N)c(C(F)(F)F)c2)C(=O)C1(C)C. The zero-order valence-electron chi connectivity index (χ0n) is 18.2. The van der Waals surface area contributed by atoms with Gasteiger partial charge in [-0.1, -0.05) is 0 Å². The van der Waals surface area contributed by atoms with Crippen molar-refractivity contribution in [2.45, 2.75) is 58.4 Å². The molecule has 0 bridgehead atoms. The van der Waals surface area contributed by atoms with Crippen LogP contribution in [0.1, 0.15) is 51.7 Å². The maximum absolute atomic E-state index is 13.3. The molecule has 0 aliphatic carbocycles. The van der Waals surface area contributed by atoms with Crippen molar-refractivity contribution in [1.82, 2.24) is 4.90 Å². The molecule has 2 rings (SSSR count). The molecule has 1 heterocycles. The average molecular weight is 455 g/mol. The van der Waals surface area contributed by atoms with Crippen LogP contribution < -0.4 is 4.90 Å². The molecular formula is C21H24F3N3O5. The molecule has 1 fully saturated rings. The Morgan fingerprint density at radius 2 is 1.88 bits per heavy atom. The summed E-state index contributed by atoms with van der Waals surface area (Å²) < 4.78 is 49.6. The third-order valence-corrected chi connectivity index (χ3v) is 4.84. The standard InChI is InChI=1S/C21H24F3N3O5/c1-13(2)32-19(30)31-10-6-5-9-26-18(29)27(17(28)20(26,3)4)15-8-7-14(12-25)16(11-15)21(22,23)24/h7-8,11,13H,5-6,9-10H2,1-4H3. The van der Waals surface area contributed by atoms with Gasteiger partial charge in [0.05, 0.1) is 35.6 Å². The molecule has 1 aromatic carbocycles. The maximum Gasteiger partial charge on any atom is 0.508 e. The average Bonchev–Trinajstić information content (AvgIpc) is 2.85. The van der Waals surface area contributed by atoms with E-state index in [9.17, 15) is 27.6 Å². The minimum absolute atomic E-state index is 0.0518. The Labute approximate surface area is 183 Å². The zero-order chi connectivity index (χ0) is 24.3. The zero-order valence-corrected chi connectivity index (χ0v) is 18.2. The molecule has 8 nitrogen and oxygen atoms in total. The number of nitriles is 1. The van der Waals surface area contributed by atoms with E-state index < -0.39 is 40.9 Å². The largest absolute Gasteiger partial charge is 0.508 e. The van der Waals surface area contributed by atoms with Crippen LogP contribution in [-0.2, 0) is 20.4 Å². The number of halogens is 3. The van der Waals surface area contributed by atoms with E-state index in [-0.39, 0.29) is 24.9 Å². The Kier molecular flexibility index (Phi) is 7.38. The third kappa shape index (κ3) is 5.30. The highest BCUT2D eigenvalue weighted by Gasteiger charge is 2.51. The van der Waals surface area contributed by atoms with E-state index in [0.29, 0.717) is 23.8 Å². The van der Waals surface area contributed by atoms with Gasteiger partial charge in [-0.15, -0.1) is 0 Å². The van der Waals surface area contributed by atoms with Crippen LogP contribution in [0.25, 0.3) is 0 Å². The smallest absolute Gasteiger partial charge is 0.434 e.